The van der Waals surface area contributed by atoms with Crippen LogP contribution in [0.15, 0.2) is 42.6 Å². The molecule has 0 spiro atoms. The van der Waals surface area contributed by atoms with Crippen LogP contribution in [0.3, 0.4) is 0 Å². The van der Waals surface area contributed by atoms with Crippen LogP contribution < -0.4 is 10.6 Å². The van der Waals surface area contributed by atoms with Gasteiger partial charge in [-0.15, -0.1) is 0 Å². The number of amides is 2. The third kappa shape index (κ3) is 4.91. The van der Waals surface area contributed by atoms with E-state index in [1.807, 2.05) is 32.9 Å². The van der Waals surface area contributed by atoms with Crippen molar-refractivity contribution in [3.63, 3.8) is 0 Å². The average Bonchev–Trinajstić information content (AvgIpc) is 2.60. The zero-order chi connectivity index (χ0) is 17.5. The third-order valence-corrected chi connectivity index (χ3v) is 3.83. The summed E-state index contributed by atoms with van der Waals surface area (Å²) < 4.78 is 0. The van der Waals surface area contributed by atoms with Crippen molar-refractivity contribution in [1.82, 2.24) is 15.6 Å². The lowest BCUT2D eigenvalue weighted by Gasteiger charge is -2.11. The Morgan fingerprint density at radius 2 is 1.71 bits per heavy atom. The molecule has 126 valence electrons. The Morgan fingerprint density at radius 3 is 2.29 bits per heavy atom. The first-order chi connectivity index (χ1) is 11.5. The van der Waals surface area contributed by atoms with Gasteiger partial charge < -0.3 is 10.6 Å². The van der Waals surface area contributed by atoms with Crippen LogP contribution in [0.1, 0.15) is 52.2 Å². The topological polar surface area (TPSA) is 71.1 Å². The fourth-order valence-corrected chi connectivity index (χ4v) is 2.07. The molecule has 2 rings (SSSR count). The van der Waals surface area contributed by atoms with Gasteiger partial charge >= 0.3 is 0 Å². The molecular formula is C19H23N3O2. The monoisotopic (exact) mass is 325 g/mol. The molecule has 1 unspecified atom stereocenters. The second-order valence-corrected chi connectivity index (χ2v) is 5.85. The van der Waals surface area contributed by atoms with Crippen molar-refractivity contribution >= 4 is 11.8 Å². The molecule has 5 heteroatoms. The summed E-state index contributed by atoms with van der Waals surface area (Å²) in [6, 6.07) is 10.9. The highest BCUT2D eigenvalue weighted by molar-refractivity contribution is 5.94. The van der Waals surface area contributed by atoms with E-state index in [1.54, 1.807) is 30.5 Å². The van der Waals surface area contributed by atoms with Crippen molar-refractivity contribution in [3.05, 3.63) is 65.0 Å². The van der Waals surface area contributed by atoms with E-state index >= 15 is 0 Å². The number of nitrogens with zero attached hydrogens (tertiary/aromatic N) is 1. The predicted octanol–water partition coefficient (Wildman–Crippen LogP) is 2.85. The average molecular weight is 325 g/mol. The Labute approximate surface area is 142 Å². The number of nitrogens with one attached hydrogen (secondary N) is 2. The molecule has 1 atom stereocenters. The van der Waals surface area contributed by atoms with E-state index in [1.165, 1.54) is 0 Å². The van der Waals surface area contributed by atoms with Crippen molar-refractivity contribution < 1.29 is 9.59 Å². The minimum Gasteiger partial charge on any atom is -0.350 e. The summed E-state index contributed by atoms with van der Waals surface area (Å²) in [7, 11) is 0. The fourth-order valence-electron chi connectivity index (χ4n) is 2.07. The van der Waals surface area contributed by atoms with Gasteiger partial charge in [-0.1, -0.05) is 19.1 Å². The maximum atomic E-state index is 12.0. The van der Waals surface area contributed by atoms with E-state index in [-0.39, 0.29) is 17.9 Å². The van der Waals surface area contributed by atoms with Gasteiger partial charge in [0.2, 0.25) is 0 Å². The van der Waals surface area contributed by atoms with Crippen LogP contribution in [0.4, 0.5) is 0 Å². The Hall–Kier alpha value is -2.69. The van der Waals surface area contributed by atoms with Crippen LogP contribution in [-0.2, 0) is 6.54 Å². The minimum absolute atomic E-state index is 0.0781. The van der Waals surface area contributed by atoms with Gasteiger partial charge in [-0.05, 0) is 50.1 Å². The summed E-state index contributed by atoms with van der Waals surface area (Å²) in [6.07, 6.45) is 2.46. The molecule has 0 saturated heterocycles. The number of carbonyl (C=O) groups excluding carboxylic acids is 2. The van der Waals surface area contributed by atoms with Crippen molar-refractivity contribution in [1.29, 1.82) is 0 Å². The van der Waals surface area contributed by atoms with E-state index in [2.05, 4.69) is 15.6 Å². The fraction of sp³-hybridized carbons (Fsp3) is 0.316. The number of hydrogen-bond acceptors (Lipinski definition) is 3. The third-order valence-electron chi connectivity index (χ3n) is 3.83. The molecule has 1 aromatic heterocycles. The molecule has 0 bridgehead atoms. The second kappa shape index (κ2) is 8.24. The van der Waals surface area contributed by atoms with Gasteiger partial charge in [-0.25, -0.2) is 0 Å². The quantitative estimate of drug-likeness (QED) is 0.858. The number of hydrogen-bond donors (Lipinski definition) is 2. The van der Waals surface area contributed by atoms with Gasteiger partial charge in [0.05, 0.1) is 5.56 Å². The lowest BCUT2D eigenvalue weighted by Crippen LogP contribution is -2.31. The zero-order valence-corrected chi connectivity index (χ0v) is 14.3. The highest BCUT2D eigenvalue weighted by atomic mass is 16.2. The number of aryl methyl sites for hydroxylation is 1. The molecule has 2 aromatic rings. The minimum atomic E-state index is -0.166. The van der Waals surface area contributed by atoms with Crippen LogP contribution in [0.5, 0.6) is 0 Å². The van der Waals surface area contributed by atoms with E-state index in [0.29, 0.717) is 17.7 Å². The van der Waals surface area contributed by atoms with Crippen LogP contribution in [0, 0.1) is 6.92 Å². The number of benzene rings is 1. The van der Waals surface area contributed by atoms with Crippen molar-refractivity contribution in [2.75, 3.05) is 0 Å². The Morgan fingerprint density at radius 1 is 1.04 bits per heavy atom. The normalized spacial score (nSPS) is 11.6. The molecule has 2 N–H and O–H groups in total. The molecule has 2 amide bonds. The molecule has 5 nitrogen and oxygen atoms in total. The molecule has 0 aliphatic heterocycles. The Bertz CT molecular complexity index is 694. The van der Waals surface area contributed by atoms with Crippen LogP contribution in [0.25, 0.3) is 0 Å². The Kier molecular flexibility index (Phi) is 6.07. The van der Waals surface area contributed by atoms with Crippen LogP contribution in [0.2, 0.25) is 0 Å². The predicted molar refractivity (Wildman–Crippen MR) is 93.8 cm³/mol. The smallest absolute Gasteiger partial charge is 0.253 e. The van der Waals surface area contributed by atoms with Gasteiger partial charge in [-0.3, -0.25) is 14.6 Å². The van der Waals surface area contributed by atoms with E-state index < -0.39 is 0 Å². The molecular weight excluding hydrogens is 302 g/mol. The van der Waals surface area contributed by atoms with Gasteiger partial charge in [-0.2, -0.15) is 0 Å². The van der Waals surface area contributed by atoms with E-state index in [4.69, 9.17) is 0 Å². The molecule has 0 fully saturated rings. The summed E-state index contributed by atoms with van der Waals surface area (Å²) in [6.45, 7) is 6.28. The van der Waals surface area contributed by atoms with Crippen LogP contribution >= 0.6 is 0 Å². The highest BCUT2D eigenvalue weighted by Crippen LogP contribution is 2.06. The largest absolute Gasteiger partial charge is 0.350 e. The molecule has 0 radical (unpaired) electrons. The van der Waals surface area contributed by atoms with E-state index in [0.717, 1.165) is 17.7 Å². The van der Waals surface area contributed by atoms with E-state index in [9.17, 15) is 9.59 Å². The summed E-state index contributed by atoms with van der Waals surface area (Å²) in [5.41, 5.74) is 2.96. The number of carbonyl (C=O) groups is 2. The maximum absolute atomic E-state index is 12.0. The van der Waals surface area contributed by atoms with Crippen LogP contribution in [-0.4, -0.2) is 22.8 Å². The molecule has 1 aromatic carbocycles. The summed E-state index contributed by atoms with van der Waals surface area (Å²) in [5, 5.41) is 5.77. The van der Waals surface area contributed by atoms with Gasteiger partial charge in [0.25, 0.3) is 11.8 Å². The lowest BCUT2D eigenvalue weighted by molar-refractivity contribution is 0.0934. The van der Waals surface area contributed by atoms with Gasteiger partial charge in [0, 0.05) is 30.0 Å². The highest BCUT2D eigenvalue weighted by Gasteiger charge is 2.09. The van der Waals surface area contributed by atoms with Gasteiger partial charge in [0.1, 0.15) is 0 Å². The molecule has 0 aliphatic rings. The van der Waals surface area contributed by atoms with Gasteiger partial charge in [0.15, 0.2) is 0 Å². The first kappa shape index (κ1) is 17.7. The molecule has 24 heavy (non-hydrogen) atoms. The first-order valence-corrected chi connectivity index (χ1v) is 8.10. The maximum Gasteiger partial charge on any atom is 0.253 e. The van der Waals surface area contributed by atoms with Crippen molar-refractivity contribution in [2.45, 2.75) is 39.8 Å². The summed E-state index contributed by atoms with van der Waals surface area (Å²) >= 11 is 0. The molecule has 0 saturated carbocycles. The van der Waals surface area contributed by atoms with Crippen molar-refractivity contribution in [3.8, 4) is 0 Å². The lowest BCUT2D eigenvalue weighted by atomic mass is 10.1. The second-order valence-electron chi connectivity index (χ2n) is 5.85. The number of pyridine rings is 1. The molecule has 1 heterocycles. The number of aromatic nitrogens is 1. The Balaban J connectivity index is 1.90. The van der Waals surface area contributed by atoms with Crippen molar-refractivity contribution in [2.24, 2.45) is 0 Å². The summed E-state index contributed by atoms with van der Waals surface area (Å²) in [5.74, 6) is -0.244. The number of rotatable bonds is 6. The molecule has 0 aliphatic carbocycles. The standard InChI is InChI=1S/C19H23N3O2/c1-4-13(2)22-19(24)16-9-6-15(7-10-16)11-21-18(23)17-8-5-14(3)20-12-17/h5-10,12-13H,4,11H2,1-3H3,(H,21,23)(H,22,24). The SMILES string of the molecule is CCC(C)NC(=O)c1ccc(CNC(=O)c2ccc(C)nc2)cc1. The summed E-state index contributed by atoms with van der Waals surface area (Å²) in [4.78, 5) is 28.2. The zero-order valence-electron chi connectivity index (χ0n) is 14.3. The first-order valence-electron chi connectivity index (χ1n) is 8.10.